The van der Waals surface area contributed by atoms with Gasteiger partial charge in [-0.3, -0.25) is 0 Å². The summed E-state index contributed by atoms with van der Waals surface area (Å²) < 4.78 is 0. The van der Waals surface area contributed by atoms with Crippen LogP contribution in [-0.4, -0.2) is 12.4 Å². The van der Waals surface area contributed by atoms with E-state index < -0.39 is 0 Å². The van der Waals surface area contributed by atoms with Crippen LogP contribution >= 0.6 is 0 Å². The van der Waals surface area contributed by atoms with Crippen LogP contribution in [-0.2, 0) is 0 Å². The van der Waals surface area contributed by atoms with Gasteiger partial charge in [-0.25, -0.2) is 0 Å². The molecule has 2 nitrogen and oxygen atoms in total. The summed E-state index contributed by atoms with van der Waals surface area (Å²) in [5.41, 5.74) is 4.61. The zero-order chi connectivity index (χ0) is 12.8. The van der Waals surface area contributed by atoms with Crippen molar-refractivity contribution >= 4 is 12.4 Å². The van der Waals surface area contributed by atoms with Crippen LogP contribution < -0.4 is 0 Å². The maximum Gasteiger partial charge on any atom is 0.0568 e. The highest BCUT2D eigenvalue weighted by molar-refractivity contribution is 5.82. The van der Waals surface area contributed by atoms with Crippen molar-refractivity contribution < 1.29 is 0 Å². The summed E-state index contributed by atoms with van der Waals surface area (Å²) in [5.74, 6) is 0. The van der Waals surface area contributed by atoms with E-state index in [-0.39, 0.29) is 0 Å². The molecule has 2 rings (SSSR count). The zero-order valence-electron chi connectivity index (χ0n) is 10.7. The molecule has 0 saturated carbocycles. The van der Waals surface area contributed by atoms with Gasteiger partial charge in [-0.05, 0) is 25.0 Å². The Bertz CT molecular complexity index is 495. The maximum absolute atomic E-state index is 4.03. The van der Waals surface area contributed by atoms with Gasteiger partial charge in [0.1, 0.15) is 0 Å². The van der Waals surface area contributed by atoms with E-state index in [9.17, 15) is 0 Å². The van der Waals surface area contributed by atoms with Crippen LogP contribution in [0.15, 0.2) is 58.7 Å². The molecule has 0 aliphatic heterocycles. The van der Waals surface area contributed by atoms with E-state index in [4.69, 9.17) is 0 Å². The van der Waals surface area contributed by atoms with Gasteiger partial charge in [-0.1, -0.05) is 59.7 Å². The van der Waals surface area contributed by atoms with Crippen LogP contribution in [0.4, 0.5) is 0 Å². The van der Waals surface area contributed by atoms with E-state index in [1.54, 1.807) is 12.4 Å². The van der Waals surface area contributed by atoms with Gasteiger partial charge in [0.05, 0.1) is 12.4 Å². The van der Waals surface area contributed by atoms with Crippen LogP contribution in [0.25, 0.3) is 0 Å². The van der Waals surface area contributed by atoms with Crippen molar-refractivity contribution in [1.82, 2.24) is 0 Å². The van der Waals surface area contributed by atoms with Crippen molar-refractivity contribution in [2.75, 3.05) is 0 Å². The molecule has 2 aromatic carbocycles. The quantitative estimate of drug-likeness (QED) is 0.572. The fourth-order valence-corrected chi connectivity index (χ4v) is 1.51. The molecule has 90 valence electrons. The van der Waals surface area contributed by atoms with E-state index in [0.29, 0.717) is 0 Å². The van der Waals surface area contributed by atoms with Crippen LogP contribution in [0.3, 0.4) is 0 Å². The molecule has 0 spiro atoms. The Labute approximate surface area is 108 Å². The summed E-state index contributed by atoms with van der Waals surface area (Å²) in [4.78, 5) is 0. The van der Waals surface area contributed by atoms with Crippen LogP contribution in [0.2, 0.25) is 0 Å². The van der Waals surface area contributed by atoms with Crippen molar-refractivity contribution in [2.45, 2.75) is 13.8 Å². The van der Waals surface area contributed by atoms with Gasteiger partial charge in [0.25, 0.3) is 0 Å². The van der Waals surface area contributed by atoms with E-state index in [0.717, 1.165) is 11.1 Å². The lowest BCUT2D eigenvalue weighted by molar-refractivity contribution is 1.26. The lowest BCUT2D eigenvalue weighted by Gasteiger charge is -1.93. The topological polar surface area (TPSA) is 24.7 Å². The Morgan fingerprint density at radius 3 is 1.28 bits per heavy atom. The summed E-state index contributed by atoms with van der Waals surface area (Å²) in [6, 6.07) is 16.4. The Morgan fingerprint density at radius 1 is 0.611 bits per heavy atom. The van der Waals surface area contributed by atoms with E-state index >= 15 is 0 Å². The molecule has 0 saturated heterocycles. The number of hydrogen-bond donors (Lipinski definition) is 0. The Morgan fingerprint density at radius 2 is 0.944 bits per heavy atom. The molecule has 18 heavy (non-hydrogen) atoms. The Kier molecular flexibility index (Phi) is 4.02. The number of nitrogens with zero attached hydrogens (tertiary/aromatic N) is 2. The van der Waals surface area contributed by atoms with Gasteiger partial charge in [-0.15, -0.1) is 0 Å². The first-order chi connectivity index (χ1) is 8.74. The van der Waals surface area contributed by atoms with Crippen LogP contribution in [0.5, 0.6) is 0 Å². The third kappa shape index (κ3) is 3.67. The van der Waals surface area contributed by atoms with Gasteiger partial charge >= 0.3 is 0 Å². The fraction of sp³-hybridized carbons (Fsp3) is 0.125. The van der Waals surface area contributed by atoms with Crippen molar-refractivity contribution in [3.05, 3.63) is 70.8 Å². The second-order valence-corrected chi connectivity index (χ2v) is 4.31. The second kappa shape index (κ2) is 5.92. The molecule has 0 atom stereocenters. The van der Waals surface area contributed by atoms with Gasteiger partial charge in [0.2, 0.25) is 0 Å². The molecule has 0 heterocycles. The summed E-state index contributed by atoms with van der Waals surface area (Å²) in [5, 5.41) is 8.07. The molecule has 0 bridgehead atoms. The lowest BCUT2D eigenvalue weighted by atomic mass is 10.2. The summed E-state index contributed by atoms with van der Waals surface area (Å²) >= 11 is 0. The highest BCUT2D eigenvalue weighted by Gasteiger charge is 1.87. The minimum Gasteiger partial charge on any atom is -0.159 e. The van der Waals surface area contributed by atoms with E-state index in [1.807, 2.05) is 24.3 Å². The molecule has 0 radical (unpaired) electrons. The SMILES string of the molecule is Cc1ccc(C=NN=Cc2ccc(C)cc2)cc1. The molecular weight excluding hydrogens is 220 g/mol. The highest BCUT2D eigenvalue weighted by Crippen LogP contribution is 2.01. The Hall–Kier alpha value is -2.22. The fourth-order valence-electron chi connectivity index (χ4n) is 1.51. The summed E-state index contributed by atoms with van der Waals surface area (Å²) in [6.07, 6.45) is 3.51. The van der Waals surface area contributed by atoms with Gasteiger partial charge < -0.3 is 0 Å². The monoisotopic (exact) mass is 236 g/mol. The molecule has 0 fully saturated rings. The minimum absolute atomic E-state index is 1.06. The van der Waals surface area contributed by atoms with Crippen molar-refractivity contribution in [3.63, 3.8) is 0 Å². The lowest BCUT2D eigenvalue weighted by Crippen LogP contribution is -1.82. The first-order valence-corrected chi connectivity index (χ1v) is 5.94. The molecule has 0 aromatic heterocycles. The van der Waals surface area contributed by atoms with Crippen LogP contribution in [0.1, 0.15) is 22.3 Å². The number of rotatable bonds is 3. The number of aryl methyl sites for hydroxylation is 2. The van der Waals surface area contributed by atoms with Crippen molar-refractivity contribution in [3.8, 4) is 0 Å². The van der Waals surface area contributed by atoms with E-state index in [1.165, 1.54) is 11.1 Å². The minimum atomic E-state index is 1.06. The average molecular weight is 236 g/mol. The van der Waals surface area contributed by atoms with Crippen molar-refractivity contribution in [1.29, 1.82) is 0 Å². The predicted octanol–water partition coefficient (Wildman–Crippen LogP) is 3.76. The highest BCUT2D eigenvalue weighted by atomic mass is 15.2. The third-order valence-corrected chi connectivity index (χ3v) is 2.63. The summed E-state index contributed by atoms with van der Waals surface area (Å²) in [7, 11) is 0. The number of benzene rings is 2. The van der Waals surface area contributed by atoms with Gasteiger partial charge in [0, 0.05) is 0 Å². The second-order valence-electron chi connectivity index (χ2n) is 4.31. The molecule has 0 aliphatic rings. The molecule has 2 heteroatoms. The van der Waals surface area contributed by atoms with E-state index in [2.05, 4.69) is 48.3 Å². The summed E-state index contributed by atoms with van der Waals surface area (Å²) in [6.45, 7) is 4.13. The van der Waals surface area contributed by atoms with Gasteiger partial charge in [-0.2, -0.15) is 10.2 Å². The Balaban J connectivity index is 1.98. The molecule has 2 aromatic rings. The molecule has 0 unspecified atom stereocenters. The van der Waals surface area contributed by atoms with Crippen LogP contribution in [0, 0.1) is 13.8 Å². The van der Waals surface area contributed by atoms with Crippen molar-refractivity contribution in [2.24, 2.45) is 10.2 Å². The normalized spacial score (nSPS) is 11.4. The molecule has 0 N–H and O–H groups in total. The first-order valence-electron chi connectivity index (χ1n) is 5.94. The molecule has 0 amide bonds. The average Bonchev–Trinajstić information content (AvgIpc) is 2.39. The molecule has 0 aliphatic carbocycles. The molecular formula is C16H16N2. The smallest absolute Gasteiger partial charge is 0.0568 e. The zero-order valence-corrected chi connectivity index (χ0v) is 10.7. The maximum atomic E-state index is 4.03. The first kappa shape index (κ1) is 12.2. The third-order valence-electron chi connectivity index (χ3n) is 2.63. The standard InChI is InChI=1S/C16H16N2/c1-13-3-7-15(8-4-13)11-17-18-12-16-9-5-14(2)6-10-16/h3-12H,1-2H3. The predicted molar refractivity (Wildman–Crippen MR) is 77.5 cm³/mol. The number of hydrogen-bond acceptors (Lipinski definition) is 2. The van der Waals surface area contributed by atoms with Gasteiger partial charge in [0.15, 0.2) is 0 Å². The largest absolute Gasteiger partial charge is 0.159 e.